The molecule has 0 aliphatic carbocycles. The topological polar surface area (TPSA) is 78.9 Å². The van der Waals surface area contributed by atoms with Crippen molar-refractivity contribution in [2.75, 3.05) is 13.2 Å². The molecule has 0 saturated carbocycles. The number of unbranched alkanes of at least 4 members (excludes halogenated alkanes) is 29. The highest BCUT2D eigenvalue weighted by molar-refractivity contribution is 5.71. The van der Waals surface area contributed by atoms with Crippen molar-refractivity contribution in [1.82, 2.24) is 0 Å². The Balaban J connectivity index is 4.33. The Morgan fingerprint density at radius 2 is 0.629 bits per heavy atom. The maximum absolute atomic E-state index is 12.8. The normalized spacial score (nSPS) is 12.5. The minimum Gasteiger partial charge on any atom is -0.462 e. The van der Waals surface area contributed by atoms with Crippen molar-refractivity contribution in [2.24, 2.45) is 0 Å². The predicted molar refractivity (Wildman–Crippen MR) is 265 cm³/mol. The number of hydrogen-bond acceptors (Lipinski definition) is 6. The standard InChI is InChI=1S/C56H98O6/c1-4-7-10-13-16-19-22-24-26-27-28-29-31-32-34-37-40-43-46-49-55(58)61-52-53(51-60-54(57)48-45-42-39-36-21-18-15-12-9-6-3)62-56(59)50-47-44-41-38-35-33-30-25-23-20-17-14-11-8-5-2/h8,11,14,16-17,19-20,22-24,53H,4-7,9-10,12-13,15,18,21,25-52H2,1-3H3/b11-8-,17-14-,19-16-,23-20-,24-22-. The molecular formula is C56H98O6. The van der Waals surface area contributed by atoms with Gasteiger partial charge in [-0.1, -0.05) is 236 Å². The van der Waals surface area contributed by atoms with Crippen molar-refractivity contribution in [3.63, 3.8) is 0 Å². The molecule has 62 heavy (non-hydrogen) atoms. The summed E-state index contributed by atoms with van der Waals surface area (Å²) in [6, 6.07) is 0. The predicted octanol–water partition coefficient (Wildman–Crippen LogP) is 17.3. The zero-order valence-electron chi connectivity index (χ0n) is 40.9. The number of hydrogen-bond donors (Lipinski definition) is 0. The molecule has 0 radical (unpaired) electrons. The quantitative estimate of drug-likeness (QED) is 0.0262. The largest absolute Gasteiger partial charge is 0.462 e. The number of allylic oxidation sites excluding steroid dienone is 10. The summed E-state index contributed by atoms with van der Waals surface area (Å²) in [7, 11) is 0. The number of carbonyl (C=O) groups is 3. The maximum atomic E-state index is 12.8. The van der Waals surface area contributed by atoms with E-state index in [1.807, 2.05) is 0 Å². The van der Waals surface area contributed by atoms with Crippen LogP contribution in [0.3, 0.4) is 0 Å². The van der Waals surface area contributed by atoms with Crippen LogP contribution in [0.15, 0.2) is 60.8 Å². The summed E-state index contributed by atoms with van der Waals surface area (Å²) in [5.74, 6) is -0.890. The third-order valence-corrected chi connectivity index (χ3v) is 11.3. The molecule has 0 rings (SSSR count). The van der Waals surface area contributed by atoms with Crippen LogP contribution >= 0.6 is 0 Å². The fourth-order valence-corrected chi connectivity index (χ4v) is 7.37. The minimum absolute atomic E-state index is 0.0785. The van der Waals surface area contributed by atoms with E-state index in [-0.39, 0.29) is 31.1 Å². The lowest BCUT2D eigenvalue weighted by Gasteiger charge is -2.18. The molecule has 1 atom stereocenters. The Labute approximate surface area is 383 Å². The summed E-state index contributed by atoms with van der Waals surface area (Å²) in [6.07, 6.45) is 62.0. The van der Waals surface area contributed by atoms with Gasteiger partial charge in [0.15, 0.2) is 6.10 Å². The van der Waals surface area contributed by atoms with Crippen molar-refractivity contribution in [1.29, 1.82) is 0 Å². The first-order chi connectivity index (χ1) is 30.5. The van der Waals surface area contributed by atoms with Crippen LogP contribution in [0.4, 0.5) is 0 Å². The SMILES string of the molecule is CC\C=C/C=C\C=C/CCCCCCCCCC(=O)OC(COC(=O)CCCCCCCCCCCC)COC(=O)CCCCCCCCCCCC/C=C\C=C/CCCCC. The molecule has 0 aromatic rings. The Hall–Kier alpha value is -2.89. The van der Waals surface area contributed by atoms with Gasteiger partial charge in [-0.15, -0.1) is 0 Å². The molecule has 358 valence electrons. The van der Waals surface area contributed by atoms with Gasteiger partial charge in [0.05, 0.1) is 0 Å². The van der Waals surface area contributed by atoms with Crippen LogP contribution in [-0.2, 0) is 28.6 Å². The molecule has 0 aliphatic heterocycles. The van der Waals surface area contributed by atoms with Gasteiger partial charge in [0.25, 0.3) is 0 Å². The second-order valence-electron chi connectivity index (χ2n) is 17.5. The highest BCUT2D eigenvalue weighted by Crippen LogP contribution is 2.15. The summed E-state index contributed by atoms with van der Waals surface area (Å²) in [5, 5.41) is 0. The van der Waals surface area contributed by atoms with Crippen LogP contribution in [0, 0.1) is 0 Å². The first kappa shape index (κ1) is 59.1. The van der Waals surface area contributed by atoms with Crippen LogP contribution in [0.1, 0.15) is 258 Å². The van der Waals surface area contributed by atoms with E-state index in [4.69, 9.17) is 14.2 Å². The zero-order chi connectivity index (χ0) is 45.1. The number of ether oxygens (including phenoxy) is 3. The molecular weight excluding hydrogens is 769 g/mol. The second-order valence-corrected chi connectivity index (χ2v) is 17.5. The fraction of sp³-hybridized carbons (Fsp3) is 0.768. The molecule has 0 aliphatic rings. The molecule has 0 fully saturated rings. The zero-order valence-corrected chi connectivity index (χ0v) is 40.9. The molecule has 6 nitrogen and oxygen atoms in total. The van der Waals surface area contributed by atoms with Crippen molar-refractivity contribution in [3.05, 3.63) is 60.8 Å². The molecule has 0 amide bonds. The molecule has 0 saturated heterocycles. The Kier molecular flexibility index (Phi) is 48.4. The summed E-state index contributed by atoms with van der Waals surface area (Å²) >= 11 is 0. The van der Waals surface area contributed by atoms with Crippen LogP contribution in [-0.4, -0.2) is 37.2 Å². The van der Waals surface area contributed by atoms with E-state index in [0.717, 1.165) is 70.6 Å². The summed E-state index contributed by atoms with van der Waals surface area (Å²) in [4.78, 5) is 37.9. The lowest BCUT2D eigenvalue weighted by Crippen LogP contribution is -2.30. The van der Waals surface area contributed by atoms with Gasteiger partial charge in [0.2, 0.25) is 0 Å². The Bertz CT molecular complexity index is 1130. The van der Waals surface area contributed by atoms with Gasteiger partial charge < -0.3 is 14.2 Å². The van der Waals surface area contributed by atoms with E-state index in [0.29, 0.717) is 19.3 Å². The van der Waals surface area contributed by atoms with E-state index in [9.17, 15) is 14.4 Å². The first-order valence-electron chi connectivity index (χ1n) is 26.3. The van der Waals surface area contributed by atoms with Crippen molar-refractivity contribution >= 4 is 17.9 Å². The number of rotatable bonds is 47. The molecule has 1 unspecified atom stereocenters. The van der Waals surface area contributed by atoms with Crippen molar-refractivity contribution in [2.45, 2.75) is 264 Å². The van der Waals surface area contributed by atoms with Gasteiger partial charge >= 0.3 is 17.9 Å². The van der Waals surface area contributed by atoms with Gasteiger partial charge in [-0.25, -0.2) is 0 Å². The van der Waals surface area contributed by atoms with E-state index in [2.05, 4.69) is 81.5 Å². The monoisotopic (exact) mass is 867 g/mol. The molecule has 0 spiro atoms. The molecule has 0 N–H and O–H groups in total. The first-order valence-corrected chi connectivity index (χ1v) is 26.3. The third-order valence-electron chi connectivity index (χ3n) is 11.3. The average molecular weight is 867 g/mol. The fourth-order valence-electron chi connectivity index (χ4n) is 7.37. The van der Waals surface area contributed by atoms with Crippen LogP contribution in [0.2, 0.25) is 0 Å². The minimum atomic E-state index is -0.779. The Morgan fingerprint density at radius 3 is 1.02 bits per heavy atom. The average Bonchev–Trinajstić information content (AvgIpc) is 3.27. The lowest BCUT2D eigenvalue weighted by molar-refractivity contribution is -0.167. The van der Waals surface area contributed by atoms with Crippen LogP contribution < -0.4 is 0 Å². The molecule has 6 heteroatoms. The highest BCUT2D eigenvalue weighted by Gasteiger charge is 2.19. The second kappa shape index (κ2) is 50.8. The van der Waals surface area contributed by atoms with Crippen molar-refractivity contribution in [3.8, 4) is 0 Å². The van der Waals surface area contributed by atoms with E-state index < -0.39 is 6.10 Å². The van der Waals surface area contributed by atoms with Gasteiger partial charge in [-0.05, 0) is 64.2 Å². The van der Waals surface area contributed by atoms with Crippen LogP contribution in [0.5, 0.6) is 0 Å². The van der Waals surface area contributed by atoms with E-state index >= 15 is 0 Å². The van der Waals surface area contributed by atoms with E-state index in [1.54, 1.807) is 0 Å². The van der Waals surface area contributed by atoms with Gasteiger partial charge in [0.1, 0.15) is 13.2 Å². The van der Waals surface area contributed by atoms with Gasteiger partial charge in [-0.2, -0.15) is 0 Å². The number of carbonyl (C=O) groups excluding carboxylic acids is 3. The summed E-state index contributed by atoms with van der Waals surface area (Å²) in [6.45, 7) is 6.47. The highest BCUT2D eigenvalue weighted by atomic mass is 16.6. The molecule has 0 aromatic heterocycles. The molecule has 0 aromatic carbocycles. The number of esters is 3. The van der Waals surface area contributed by atoms with Gasteiger partial charge in [0, 0.05) is 19.3 Å². The van der Waals surface area contributed by atoms with Crippen molar-refractivity contribution < 1.29 is 28.6 Å². The van der Waals surface area contributed by atoms with Crippen LogP contribution in [0.25, 0.3) is 0 Å². The van der Waals surface area contributed by atoms with E-state index in [1.165, 1.54) is 148 Å². The molecule has 0 heterocycles. The van der Waals surface area contributed by atoms with Gasteiger partial charge in [-0.3, -0.25) is 14.4 Å². The summed E-state index contributed by atoms with van der Waals surface area (Å²) < 4.78 is 16.8. The lowest BCUT2D eigenvalue weighted by atomic mass is 10.1. The molecule has 0 bridgehead atoms. The summed E-state index contributed by atoms with van der Waals surface area (Å²) in [5.41, 5.74) is 0. The Morgan fingerprint density at radius 1 is 0.339 bits per heavy atom. The third kappa shape index (κ3) is 48.1. The maximum Gasteiger partial charge on any atom is 0.306 e. The smallest absolute Gasteiger partial charge is 0.306 e.